The molecule has 1 amide bonds. The first-order chi connectivity index (χ1) is 12.0. The molecule has 6 nitrogen and oxygen atoms in total. The summed E-state index contributed by atoms with van der Waals surface area (Å²) < 4.78 is 5.50. The van der Waals surface area contributed by atoms with Crippen LogP contribution in [0.15, 0.2) is 59.0 Å². The molecule has 0 spiro atoms. The highest BCUT2D eigenvalue weighted by Crippen LogP contribution is 2.31. The van der Waals surface area contributed by atoms with Crippen LogP contribution < -0.4 is 5.32 Å². The summed E-state index contributed by atoms with van der Waals surface area (Å²) in [5.41, 5.74) is 1.65. The molecule has 1 aromatic heterocycles. The fourth-order valence-electron chi connectivity index (χ4n) is 2.31. The van der Waals surface area contributed by atoms with E-state index in [4.69, 9.17) is 16.0 Å². The van der Waals surface area contributed by atoms with E-state index in [9.17, 15) is 14.9 Å². The van der Waals surface area contributed by atoms with Gasteiger partial charge >= 0.3 is 0 Å². The van der Waals surface area contributed by atoms with Crippen molar-refractivity contribution in [2.45, 2.75) is 6.92 Å². The average Bonchev–Trinajstić information content (AvgIpc) is 3.08. The number of hydrogen-bond donors (Lipinski definition) is 1. The molecule has 0 unspecified atom stereocenters. The molecule has 0 aliphatic carbocycles. The molecule has 1 N–H and O–H groups in total. The zero-order valence-corrected chi connectivity index (χ0v) is 13.9. The summed E-state index contributed by atoms with van der Waals surface area (Å²) in [4.78, 5) is 22.9. The Balaban J connectivity index is 1.85. The van der Waals surface area contributed by atoms with Gasteiger partial charge < -0.3 is 9.73 Å². The van der Waals surface area contributed by atoms with Gasteiger partial charge in [0, 0.05) is 16.8 Å². The predicted octanol–water partition coefficient (Wildman–Crippen LogP) is 5.07. The normalized spacial score (nSPS) is 10.5. The lowest BCUT2D eigenvalue weighted by Gasteiger charge is -2.05. The Morgan fingerprint density at radius 1 is 1.16 bits per heavy atom. The third kappa shape index (κ3) is 3.54. The van der Waals surface area contributed by atoms with Crippen molar-refractivity contribution in [1.82, 2.24) is 0 Å². The lowest BCUT2D eigenvalue weighted by molar-refractivity contribution is -0.384. The summed E-state index contributed by atoms with van der Waals surface area (Å²) in [7, 11) is 0. The maximum Gasteiger partial charge on any atom is 0.291 e. The molecule has 3 rings (SSSR count). The Hall–Kier alpha value is -3.12. The van der Waals surface area contributed by atoms with Crippen molar-refractivity contribution in [3.8, 4) is 11.3 Å². The third-order valence-electron chi connectivity index (χ3n) is 3.63. The Labute approximate surface area is 148 Å². The van der Waals surface area contributed by atoms with E-state index in [2.05, 4.69) is 5.32 Å². The van der Waals surface area contributed by atoms with Gasteiger partial charge in [0.05, 0.1) is 10.5 Å². The lowest BCUT2D eigenvalue weighted by Crippen LogP contribution is -2.10. The van der Waals surface area contributed by atoms with Crippen LogP contribution in [0.3, 0.4) is 0 Å². The smallest absolute Gasteiger partial charge is 0.291 e. The largest absolute Gasteiger partial charge is 0.451 e. The van der Waals surface area contributed by atoms with Crippen molar-refractivity contribution in [2.24, 2.45) is 0 Å². The Bertz CT molecular complexity index is 965. The molecule has 25 heavy (non-hydrogen) atoms. The van der Waals surface area contributed by atoms with E-state index in [1.807, 2.05) is 6.92 Å². The van der Waals surface area contributed by atoms with Crippen molar-refractivity contribution < 1.29 is 14.1 Å². The minimum absolute atomic E-state index is 0.0462. The van der Waals surface area contributed by atoms with E-state index in [-0.39, 0.29) is 17.2 Å². The van der Waals surface area contributed by atoms with Gasteiger partial charge in [0.25, 0.3) is 11.6 Å². The monoisotopic (exact) mass is 356 g/mol. The van der Waals surface area contributed by atoms with Crippen molar-refractivity contribution in [3.63, 3.8) is 0 Å². The van der Waals surface area contributed by atoms with Gasteiger partial charge in [-0.25, -0.2) is 0 Å². The summed E-state index contributed by atoms with van der Waals surface area (Å²) >= 11 is 6.04. The van der Waals surface area contributed by atoms with Gasteiger partial charge in [-0.2, -0.15) is 0 Å². The number of nitrogens with one attached hydrogen (secondary N) is 1. The number of nitro groups is 1. The number of amides is 1. The zero-order chi connectivity index (χ0) is 18.0. The molecule has 126 valence electrons. The maximum atomic E-state index is 12.3. The van der Waals surface area contributed by atoms with Crippen LogP contribution in [0.4, 0.5) is 11.4 Å². The van der Waals surface area contributed by atoms with E-state index in [0.29, 0.717) is 16.3 Å². The SMILES string of the molecule is Cc1ccc(NC(=O)c2ccc(-c3ccccc3[N+](=O)[O-])o2)cc1Cl. The number of halogens is 1. The molecule has 0 atom stereocenters. The highest BCUT2D eigenvalue weighted by atomic mass is 35.5. The number of anilines is 1. The van der Waals surface area contributed by atoms with Crippen molar-refractivity contribution in [1.29, 1.82) is 0 Å². The van der Waals surface area contributed by atoms with Crippen molar-refractivity contribution in [2.75, 3.05) is 5.32 Å². The van der Waals surface area contributed by atoms with E-state index >= 15 is 0 Å². The van der Waals surface area contributed by atoms with Crippen LogP contribution in [-0.2, 0) is 0 Å². The Kier molecular flexibility index (Phi) is 4.54. The van der Waals surface area contributed by atoms with Gasteiger partial charge in [-0.3, -0.25) is 14.9 Å². The number of rotatable bonds is 4. The molecule has 0 fully saturated rings. The van der Waals surface area contributed by atoms with Gasteiger partial charge in [0.2, 0.25) is 0 Å². The standard InChI is InChI=1S/C18H13ClN2O4/c1-11-6-7-12(10-14(11)19)20-18(22)17-9-8-16(25-17)13-4-2-3-5-15(13)21(23)24/h2-10H,1H3,(H,20,22). The molecular weight excluding hydrogens is 344 g/mol. The number of carbonyl (C=O) groups excluding carboxylic acids is 1. The van der Waals surface area contributed by atoms with Crippen LogP contribution in [0.5, 0.6) is 0 Å². The maximum absolute atomic E-state index is 12.3. The van der Waals surface area contributed by atoms with Gasteiger partial charge in [-0.15, -0.1) is 0 Å². The summed E-state index contributed by atoms with van der Waals surface area (Å²) in [6.07, 6.45) is 0. The number of para-hydroxylation sites is 1. The summed E-state index contributed by atoms with van der Waals surface area (Å²) in [6, 6.07) is 14.3. The van der Waals surface area contributed by atoms with Crippen LogP contribution in [0, 0.1) is 17.0 Å². The zero-order valence-electron chi connectivity index (χ0n) is 13.2. The molecule has 0 aliphatic rings. The number of nitrogens with zero attached hydrogens (tertiary/aromatic N) is 1. The molecule has 0 radical (unpaired) electrons. The van der Waals surface area contributed by atoms with Gasteiger partial charge in [-0.1, -0.05) is 29.8 Å². The van der Waals surface area contributed by atoms with E-state index in [1.165, 1.54) is 18.2 Å². The van der Waals surface area contributed by atoms with Crippen molar-refractivity contribution in [3.05, 3.63) is 81.1 Å². The van der Waals surface area contributed by atoms with Crippen LogP contribution >= 0.6 is 11.6 Å². The molecule has 0 bridgehead atoms. The second kappa shape index (κ2) is 6.78. The summed E-state index contributed by atoms with van der Waals surface area (Å²) in [5, 5.41) is 14.3. The molecule has 0 aliphatic heterocycles. The first kappa shape index (κ1) is 16.7. The third-order valence-corrected chi connectivity index (χ3v) is 4.03. The molecule has 0 saturated heterocycles. The minimum Gasteiger partial charge on any atom is -0.451 e. The number of benzene rings is 2. The van der Waals surface area contributed by atoms with Crippen LogP contribution in [0.25, 0.3) is 11.3 Å². The molecule has 1 heterocycles. The first-order valence-electron chi connectivity index (χ1n) is 7.37. The van der Waals surface area contributed by atoms with Crippen LogP contribution in [-0.4, -0.2) is 10.8 Å². The average molecular weight is 357 g/mol. The molecular formula is C18H13ClN2O4. The predicted molar refractivity (Wildman–Crippen MR) is 94.9 cm³/mol. The number of carbonyl (C=O) groups is 1. The molecule has 0 saturated carbocycles. The van der Waals surface area contributed by atoms with Gasteiger partial charge in [0.15, 0.2) is 5.76 Å². The number of hydrogen-bond acceptors (Lipinski definition) is 4. The lowest BCUT2D eigenvalue weighted by atomic mass is 10.1. The first-order valence-corrected chi connectivity index (χ1v) is 7.74. The van der Waals surface area contributed by atoms with Crippen molar-refractivity contribution >= 4 is 28.9 Å². The summed E-state index contributed by atoms with van der Waals surface area (Å²) in [6.45, 7) is 1.86. The second-order valence-corrected chi connectivity index (χ2v) is 5.76. The fourth-order valence-corrected chi connectivity index (χ4v) is 2.49. The number of nitro benzene ring substituents is 1. The van der Waals surface area contributed by atoms with E-state index in [0.717, 1.165) is 5.56 Å². The molecule has 3 aromatic rings. The Morgan fingerprint density at radius 2 is 1.92 bits per heavy atom. The highest BCUT2D eigenvalue weighted by molar-refractivity contribution is 6.31. The number of furan rings is 1. The van der Waals surface area contributed by atoms with E-state index < -0.39 is 10.8 Å². The second-order valence-electron chi connectivity index (χ2n) is 5.36. The fraction of sp³-hybridized carbons (Fsp3) is 0.0556. The van der Waals surface area contributed by atoms with Crippen LogP contribution in [0.1, 0.15) is 16.1 Å². The highest BCUT2D eigenvalue weighted by Gasteiger charge is 2.19. The van der Waals surface area contributed by atoms with Gasteiger partial charge in [0.1, 0.15) is 5.76 Å². The molecule has 2 aromatic carbocycles. The van der Waals surface area contributed by atoms with E-state index in [1.54, 1.807) is 36.4 Å². The van der Waals surface area contributed by atoms with Gasteiger partial charge in [-0.05, 0) is 42.8 Å². The van der Waals surface area contributed by atoms with Crippen LogP contribution in [0.2, 0.25) is 5.02 Å². The quantitative estimate of drug-likeness (QED) is 0.522. The summed E-state index contributed by atoms with van der Waals surface area (Å²) in [5.74, 6) is -0.172. The number of aryl methyl sites for hydroxylation is 1. The topological polar surface area (TPSA) is 85.4 Å². The Morgan fingerprint density at radius 3 is 2.64 bits per heavy atom. The minimum atomic E-state index is -0.494. The molecule has 7 heteroatoms.